The molecule has 0 radical (unpaired) electrons. The van der Waals surface area contributed by atoms with Crippen molar-refractivity contribution in [2.24, 2.45) is 0 Å². The van der Waals surface area contributed by atoms with Gasteiger partial charge in [0.15, 0.2) is 5.82 Å². The standard InChI is InChI=1S/C11H13N3O2/c1-7(2)10-13-11(16-14-10)8-5-4-6-9(12-8)15-3/h4-7H,1-3H3. The van der Waals surface area contributed by atoms with Gasteiger partial charge in [-0.2, -0.15) is 4.98 Å². The van der Waals surface area contributed by atoms with E-state index in [0.29, 0.717) is 23.3 Å². The van der Waals surface area contributed by atoms with E-state index in [4.69, 9.17) is 9.26 Å². The highest BCUT2D eigenvalue weighted by molar-refractivity contribution is 5.47. The number of pyridine rings is 1. The Balaban J connectivity index is 2.34. The number of rotatable bonds is 3. The number of nitrogens with zero attached hydrogens (tertiary/aromatic N) is 3. The van der Waals surface area contributed by atoms with E-state index in [-0.39, 0.29) is 5.92 Å². The van der Waals surface area contributed by atoms with E-state index in [9.17, 15) is 0 Å². The normalized spacial score (nSPS) is 10.8. The van der Waals surface area contributed by atoms with Crippen LogP contribution in [0, 0.1) is 0 Å². The minimum Gasteiger partial charge on any atom is -0.481 e. The molecule has 0 fully saturated rings. The maximum absolute atomic E-state index is 5.13. The van der Waals surface area contributed by atoms with Gasteiger partial charge in [0.2, 0.25) is 5.88 Å². The van der Waals surface area contributed by atoms with Gasteiger partial charge in [-0.3, -0.25) is 0 Å². The Kier molecular flexibility index (Phi) is 2.85. The topological polar surface area (TPSA) is 61.0 Å². The maximum Gasteiger partial charge on any atom is 0.276 e. The summed E-state index contributed by atoms with van der Waals surface area (Å²) < 4.78 is 10.2. The molecule has 0 bridgehead atoms. The summed E-state index contributed by atoms with van der Waals surface area (Å²) >= 11 is 0. The minimum absolute atomic E-state index is 0.239. The molecule has 2 aromatic rings. The summed E-state index contributed by atoms with van der Waals surface area (Å²) in [5, 5.41) is 3.88. The van der Waals surface area contributed by atoms with E-state index in [0.717, 1.165) is 0 Å². The van der Waals surface area contributed by atoms with Gasteiger partial charge in [0, 0.05) is 12.0 Å². The van der Waals surface area contributed by atoms with Crippen LogP contribution in [-0.4, -0.2) is 22.2 Å². The molecular formula is C11H13N3O2. The SMILES string of the molecule is COc1cccc(-c2nc(C(C)C)no2)n1. The molecule has 2 heterocycles. The fourth-order valence-corrected chi connectivity index (χ4v) is 1.22. The predicted molar refractivity (Wildman–Crippen MR) is 58.2 cm³/mol. The lowest BCUT2D eigenvalue weighted by Crippen LogP contribution is -1.91. The van der Waals surface area contributed by atoms with Crippen LogP contribution >= 0.6 is 0 Å². The van der Waals surface area contributed by atoms with Crippen molar-refractivity contribution in [3.8, 4) is 17.5 Å². The van der Waals surface area contributed by atoms with Gasteiger partial charge < -0.3 is 9.26 Å². The Morgan fingerprint density at radius 2 is 2.06 bits per heavy atom. The highest BCUT2D eigenvalue weighted by Gasteiger charge is 2.12. The van der Waals surface area contributed by atoms with E-state index in [2.05, 4.69) is 15.1 Å². The highest BCUT2D eigenvalue weighted by Crippen LogP contribution is 2.19. The minimum atomic E-state index is 0.239. The molecule has 0 atom stereocenters. The Morgan fingerprint density at radius 3 is 2.69 bits per heavy atom. The third kappa shape index (κ3) is 2.03. The fraction of sp³-hybridized carbons (Fsp3) is 0.364. The van der Waals surface area contributed by atoms with Gasteiger partial charge in [-0.25, -0.2) is 4.98 Å². The van der Waals surface area contributed by atoms with E-state index < -0.39 is 0 Å². The molecule has 0 saturated heterocycles. The smallest absolute Gasteiger partial charge is 0.276 e. The largest absolute Gasteiger partial charge is 0.481 e. The lowest BCUT2D eigenvalue weighted by Gasteiger charge is -1.98. The maximum atomic E-state index is 5.13. The molecule has 5 nitrogen and oxygen atoms in total. The average molecular weight is 219 g/mol. The quantitative estimate of drug-likeness (QED) is 0.792. The van der Waals surface area contributed by atoms with Crippen LogP contribution in [-0.2, 0) is 0 Å². The summed E-state index contributed by atoms with van der Waals surface area (Å²) in [4.78, 5) is 8.48. The molecule has 0 spiro atoms. The van der Waals surface area contributed by atoms with Crippen LogP contribution in [0.5, 0.6) is 5.88 Å². The van der Waals surface area contributed by atoms with Crippen LogP contribution in [0.3, 0.4) is 0 Å². The molecule has 0 aliphatic heterocycles. The Labute approximate surface area is 93.5 Å². The number of ether oxygens (including phenoxy) is 1. The van der Waals surface area contributed by atoms with E-state index in [1.165, 1.54) is 0 Å². The first kappa shape index (κ1) is 10.6. The monoisotopic (exact) mass is 219 g/mol. The number of aromatic nitrogens is 3. The summed E-state index contributed by atoms with van der Waals surface area (Å²) in [5.74, 6) is 1.87. The third-order valence-electron chi connectivity index (χ3n) is 2.11. The second-order valence-corrected chi connectivity index (χ2v) is 3.68. The molecule has 0 unspecified atom stereocenters. The number of methoxy groups -OCH3 is 1. The highest BCUT2D eigenvalue weighted by atomic mass is 16.5. The lowest BCUT2D eigenvalue weighted by molar-refractivity contribution is 0.394. The van der Waals surface area contributed by atoms with Crippen molar-refractivity contribution in [1.82, 2.24) is 15.1 Å². The summed E-state index contributed by atoms with van der Waals surface area (Å²) in [5.41, 5.74) is 0.624. The van der Waals surface area contributed by atoms with Crippen molar-refractivity contribution < 1.29 is 9.26 Å². The van der Waals surface area contributed by atoms with Gasteiger partial charge in [-0.15, -0.1) is 0 Å². The molecule has 2 aromatic heterocycles. The van der Waals surface area contributed by atoms with Gasteiger partial charge >= 0.3 is 0 Å². The molecule has 84 valence electrons. The Morgan fingerprint density at radius 1 is 1.25 bits per heavy atom. The second kappa shape index (κ2) is 4.30. The summed E-state index contributed by atoms with van der Waals surface area (Å²) in [6, 6.07) is 5.41. The van der Waals surface area contributed by atoms with Gasteiger partial charge in [0.1, 0.15) is 5.69 Å². The molecule has 0 N–H and O–H groups in total. The van der Waals surface area contributed by atoms with Crippen molar-refractivity contribution in [3.63, 3.8) is 0 Å². The molecular weight excluding hydrogens is 206 g/mol. The first-order valence-electron chi connectivity index (χ1n) is 5.05. The van der Waals surface area contributed by atoms with Crippen molar-refractivity contribution in [1.29, 1.82) is 0 Å². The number of hydrogen-bond donors (Lipinski definition) is 0. The Bertz CT molecular complexity index is 480. The van der Waals surface area contributed by atoms with Crippen LogP contribution in [0.4, 0.5) is 0 Å². The second-order valence-electron chi connectivity index (χ2n) is 3.68. The van der Waals surface area contributed by atoms with E-state index in [1.807, 2.05) is 19.9 Å². The first-order valence-corrected chi connectivity index (χ1v) is 5.05. The van der Waals surface area contributed by atoms with Crippen molar-refractivity contribution in [3.05, 3.63) is 24.0 Å². The summed E-state index contributed by atoms with van der Waals surface area (Å²) in [7, 11) is 1.57. The van der Waals surface area contributed by atoms with Gasteiger partial charge in [-0.1, -0.05) is 25.1 Å². The van der Waals surface area contributed by atoms with Gasteiger partial charge in [0.25, 0.3) is 5.89 Å². The average Bonchev–Trinajstić information content (AvgIpc) is 2.78. The van der Waals surface area contributed by atoms with Crippen molar-refractivity contribution >= 4 is 0 Å². The van der Waals surface area contributed by atoms with Crippen molar-refractivity contribution in [2.75, 3.05) is 7.11 Å². The van der Waals surface area contributed by atoms with Crippen LogP contribution in [0.1, 0.15) is 25.6 Å². The summed E-state index contributed by atoms with van der Waals surface area (Å²) in [6.45, 7) is 4.02. The van der Waals surface area contributed by atoms with Crippen LogP contribution in [0.25, 0.3) is 11.6 Å². The molecule has 0 amide bonds. The first-order chi connectivity index (χ1) is 7.70. The van der Waals surface area contributed by atoms with Crippen LogP contribution in [0.15, 0.2) is 22.7 Å². The molecule has 0 saturated carbocycles. The zero-order valence-electron chi connectivity index (χ0n) is 9.47. The van der Waals surface area contributed by atoms with Gasteiger partial charge in [0.05, 0.1) is 7.11 Å². The molecule has 0 aliphatic rings. The van der Waals surface area contributed by atoms with Gasteiger partial charge in [-0.05, 0) is 6.07 Å². The zero-order valence-corrected chi connectivity index (χ0v) is 9.47. The number of hydrogen-bond acceptors (Lipinski definition) is 5. The molecule has 5 heteroatoms. The summed E-state index contributed by atoms with van der Waals surface area (Å²) in [6.07, 6.45) is 0. The molecule has 16 heavy (non-hydrogen) atoms. The predicted octanol–water partition coefficient (Wildman–Crippen LogP) is 2.26. The van der Waals surface area contributed by atoms with Crippen LogP contribution < -0.4 is 4.74 Å². The fourth-order valence-electron chi connectivity index (χ4n) is 1.22. The Hall–Kier alpha value is -1.91. The van der Waals surface area contributed by atoms with Crippen molar-refractivity contribution in [2.45, 2.75) is 19.8 Å². The molecule has 0 aliphatic carbocycles. The molecule has 2 rings (SSSR count). The third-order valence-corrected chi connectivity index (χ3v) is 2.11. The van der Waals surface area contributed by atoms with E-state index in [1.54, 1.807) is 19.2 Å². The van der Waals surface area contributed by atoms with E-state index >= 15 is 0 Å². The van der Waals surface area contributed by atoms with Crippen LogP contribution in [0.2, 0.25) is 0 Å². The zero-order chi connectivity index (χ0) is 11.5. The molecule has 0 aromatic carbocycles. The lowest BCUT2D eigenvalue weighted by atomic mass is 10.2.